The molecule has 0 radical (unpaired) electrons. The lowest BCUT2D eigenvalue weighted by atomic mass is 10.2. The predicted molar refractivity (Wildman–Crippen MR) is 115 cm³/mol. The van der Waals surface area contributed by atoms with Crippen molar-refractivity contribution in [2.45, 2.75) is 43.7 Å². The Morgan fingerprint density at radius 1 is 1.23 bits per heavy atom. The molecular weight excluding hydrogens is 404 g/mol. The molecular formula is C22H28N2O5S. The maximum Gasteiger partial charge on any atom is 0.255 e. The van der Waals surface area contributed by atoms with Crippen LogP contribution in [0.5, 0.6) is 5.75 Å². The summed E-state index contributed by atoms with van der Waals surface area (Å²) >= 11 is 0. The van der Waals surface area contributed by atoms with Crippen molar-refractivity contribution in [3.8, 4) is 5.75 Å². The standard InChI is InChI=1S/C22H28N2O5S/c1-16(2)24(3)30(26,27)21-11-4-7-17(13-21)22(25)23-18-8-5-9-19(14-18)29-15-20-10-6-12-28-20/h4-5,7-9,11,13-14,16,20H,6,10,12,15H2,1-3H3,(H,23,25). The van der Waals surface area contributed by atoms with Crippen LogP contribution in [0, 0.1) is 0 Å². The minimum atomic E-state index is -3.67. The zero-order valence-electron chi connectivity index (χ0n) is 17.5. The number of hydrogen-bond acceptors (Lipinski definition) is 5. The number of hydrogen-bond donors (Lipinski definition) is 1. The number of anilines is 1. The summed E-state index contributed by atoms with van der Waals surface area (Å²) in [5.74, 6) is 0.244. The number of benzene rings is 2. The molecule has 2 aromatic carbocycles. The van der Waals surface area contributed by atoms with E-state index in [1.54, 1.807) is 44.2 Å². The van der Waals surface area contributed by atoms with Crippen LogP contribution in [0.2, 0.25) is 0 Å². The highest BCUT2D eigenvalue weighted by atomic mass is 32.2. The van der Waals surface area contributed by atoms with E-state index in [0.717, 1.165) is 19.4 Å². The Balaban J connectivity index is 1.69. The van der Waals surface area contributed by atoms with Crippen LogP contribution in [0.25, 0.3) is 0 Å². The van der Waals surface area contributed by atoms with Crippen molar-refractivity contribution in [3.63, 3.8) is 0 Å². The van der Waals surface area contributed by atoms with Gasteiger partial charge in [0.2, 0.25) is 10.0 Å². The highest BCUT2D eigenvalue weighted by Crippen LogP contribution is 2.22. The predicted octanol–water partition coefficient (Wildman–Crippen LogP) is 3.53. The van der Waals surface area contributed by atoms with Crippen LogP contribution in [0.1, 0.15) is 37.0 Å². The fourth-order valence-corrected chi connectivity index (χ4v) is 4.49. The van der Waals surface area contributed by atoms with Crippen LogP contribution in [0.4, 0.5) is 5.69 Å². The second kappa shape index (κ2) is 9.59. The first-order chi connectivity index (χ1) is 14.3. The molecule has 2 aromatic rings. The topological polar surface area (TPSA) is 84.9 Å². The van der Waals surface area contributed by atoms with Gasteiger partial charge in [0.15, 0.2) is 0 Å². The number of sulfonamides is 1. The summed E-state index contributed by atoms with van der Waals surface area (Å²) < 4.78 is 38.0. The van der Waals surface area contributed by atoms with Gasteiger partial charge in [0, 0.05) is 37.0 Å². The first kappa shape index (κ1) is 22.3. The lowest BCUT2D eigenvalue weighted by Crippen LogP contribution is -2.33. The van der Waals surface area contributed by atoms with Gasteiger partial charge in [0.05, 0.1) is 11.0 Å². The number of nitrogens with zero attached hydrogens (tertiary/aromatic N) is 1. The minimum Gasteiger partial charge on any atom is -0.491 e. The molecule has 3 rings (SSSR count). The molecule has 7 nitrogen and oxygen atoms in total. The molecule has 30 heavy (non-hydrogen) atoms. The summed E-state index contributed by atoms with van der Waals surface area (Å²) in [5.41, 5.74) is 0.830. The van der Waals surface area contributed by atoms with Gasteiger partial charge in [-0.25, -0.2) is 8.42 Å². The van der Waals surface area contributed by atoms with Crippen molar-refractivity contribution in [2.24, 2.45) is 0 Å². The molecule has 1 fully saturated rings. The van der Waals surface area contributed by atoms with E-state index in [1.165, 1.54) is 23.5 Å². The van der Waals surface area contributed by atoms with E-state index in [4.69, 9.17) is 9.47 Å². The zero-order valence-corrected chi connectivity index (χ0v) is 18.3. The molecule has 1 aliphatic rings. The maximum absolute atomic E-state index is 12.7. The van der Waals surface area contributed by atoms with E-state index in [-0.39, 0.29) is 22.6 Å². The number of ether oxygens (including phenoxy) is 2. The number of rotatable bonds is 8. The second-order valence-electron chi connectivity index (χ2n) is 7.57. The molecule has 1 unspecified atom stereocenters. The summed E-state index contributed by atoms with van der Waals surface area (Å²) in [6.07, 6.45) is 2.14. The Labute approximate surface area is 178 Å². The highest BCUT2D eigenvalue weighted by Gasteiger charge is 2.24. The summed E-state index contributed by atoms with van der Waals surface area (Å²) in [6.45, 7) is 4.83. The molecule has 0 aliphatic carbocycles. The Bertz CT molecular complexity index is 985. The number of carbonyl (C=O) groups excluding carboxylic acids is 1. The molecule has 1 aliphatic heterocycles. The van der Waals surface area contributed by atoms with Crippen LogP contribution < -0.4 is 10.1 Å². The van der Waals surface area contributed by atoms with E-state index < -0.39 is 15.9 Å². The SMILES string of the molecule is CC(C)N(C)S(=O)(=O)c1cccc(C(=O)Nc2cccc(OCC3CCCO3)c2)c1. The first-order valence-corrected chi connectivity index (χ1v) is 11.5. The van der Waals surface area contributed by atoms with Gasteiger partial charge in [-0.15, -0.1) is 0 Å². The first-order valence-electron chi connectivity index (χ1n) is 10.0. The zero-order chi connectivity index (χ0) is 21.7. The Hall–Kier alpha value is -2.42. The van der Waals surface area contributed by atoms with Gasteiger partial charge in [-0.3, -0.25) is 4.79 Å². The van der Waals surface area contributed by atoms with Crippen molar-refractivity contribution >= 4 is 21.6 Å². The van der Waals surface area contributed by atoms with Gasteiger partial charge >= 0.3 is 0 Å². The molecule has 0 aromatic heterocycles. The lowest BCUT2D eigenvalue weighted by molar-refractivity contribution is 0.0680. The van der Waals surface area contributed by atoms with Gasteiger partial charge in [-0.05, 0) is 57.0 Å². The fraction of sp³-hybridized carbons (Fsp3) is 0.409. The highest BCUT2D eigenvalue weighted by molar-refractivity contribution is 7.89. The van der Waals surface area contributed by atoms with Crippen molar-refractivity contribution in [2.75, 3.05) is 25.6 Å². The third-order valence-electron chi connectivity index (χ3n) is 5.05. The van der Waals surface area contributed by atoms with E-state index in [9.17, 15) is 13.2 Å². The fourth-order valence-electron chi connectivity index (χ4n) is 3.07. The Kier molecular flexibility index (Phi) is 7.12. The Morgan fingerprint density at radius 3 is 2.70 bits per heavy atom. The van der Waals surface area contributed by atoms with Gasteiger partial charge < -0.3 is 14.8 Å². The van der Waals surface area contributed by atoms with Crippen molar-refractivity contribution < 1.29 is 22.7 Å². The van der Waals surface area contributed by atoms with Crippen LogP contribution in [0.3, 0.4) is 0 Å². The van der Waals surface area contributed by atoms with Gasteiger partial charge in [0.1, 0.15) is 12.4 Å². The smallest absolute Gasteiger partial charge is 0.255 e. The van der Waals surface area contributed by atoms with Crippen LogP contribution in [-0.2, 0) is 14.8 Å². The quantitative estimate of drug-likeness (QED) is 0.690. The summed E-state index contributed by atoms with van der Waals surface area (Å²) in [7, 11) is -2.15. The van der Waals surface area contributed by atoms with Crippen LogP contribution in [-0.4, -0.2) is 51.0 Å². The number of carbonyl (C=O) groups is 1. The average Bonchev–Trinajstić information content (AvgIpc) is 3.25. The molecule has 1 amide bonds. The van der Waals surface area contributed by atoms with Crippen molar-refractivity contribution in [1.82, 2.24) is 4.31 Å². The molecule has 0 bridgehead atoms. The molecule has 162 valence electrons. The van der Waals surface area contributed by atoms with E-state index >= 15 is 0 Å². The molecule has 1 N–H and O–H groups in total. The molecule has 0 spiro atoms. The molecule has 1 saturated heterocycles. The minimum absolute atomic E-state index is 0.0833. The van der Waals surface area contributed by atoms with E-state index in [2.05, 4.69) is 5.32 Å². The Morgan fingerprint density at radius 2 is 2.00 bits per heavy atom. The largest absolute Gasteiger partial charge is 0.491 e. The third kappa shape index (κ3) is 5.38. The lowest BCUT2D eigenvalue weighted by Gasteiger charge is -2.21. The second-order valence-corrected chi connectivity index (χ2v) is 9.57. The number of nitrogens with one attached hydrogen (secondary N) is 1. The van der Waals surface area contributed by atoms with Gasteiger partial charge in [0.25, 0.3) is 5.91 Å². The van der Waals surface area contributed by atoms with Crippen molar-refractivity contribution in [1.29, 1.82) is 0 Å². The monoisotopic (exact) mass is 432 g/mol. The van der Waals surface area contributed by atoms with Crippen molar-refractivity contribution in [3.05, 3.63) is 54.1 Å². The van der Waals surface area contributed by atoms with E-state index in [0.29, 0.717) is 18.0 Å². The number of amides is 1. The summed E-state index contributed by atoms with van der Waals surface area (Å²) in [4.78, 5) is 12.8. The van der Waals surface area contributed by atoms with E-state index in [1.807, 2.05) is 6.07 Å². The van der Waals surface area contributed by atoms with Gasteiger partial charge in [-0.2, -0.15) is 4.31 Å². The molecule has 1 atom stereocenters. The summed E-state index contributed by atoms with van der Waals surface area (Å²) in [5, 5.41) is 2.80. The van der Waals surface area contributed by atoms with Crippen LogP contribution in [0.15, 0.2) is 53.4 Å². The maximum atomic E-state index is 12.7. The normalized spacial score (nSPS) is 16.8. The molecule has 1 heterocycles. The van der Waals surface area contributed by atoms with Crippen LogP contribution >= 0.6 is 0 Å². The van der Waals surface area contributed by atoms with Gasteiger partial charge in [-0.1, -0.05) is 12.1 Å². The third-order valence-corrected chi connectivity index (χ3v) is 7.08. The average molecular weight is 433 g/mol. The molecule has 8 heteroatoms. The summed E-state index contributed by atoms with van der Waals surface area (Å²) in [6, 6.07) is 12.9. The molecule has 0 saturated carbocycles.